The lowest BCUT2D eigenvalue weighted by Gasteiger charge is -2.13. The molecule has 10 heteroatoms. The van der Waals surface area contributed by atoms with Crippen LogP contribution in [-0.2, 0) is 14.6 Å². The maximum absolute atomic E-state index is 12.7. The van der Waals surface area contributed by atoms with Crippen LogP contribution in [0.15, 0.2) is 58.3 Å². The second kappa shape index (κ2) is 8.66. The van der Waals surface area contributed by atoms with E-state index in [1.165, 1.54) is 18.9 Å². The highest BCUT2D eigenvalue weighted by atomic mass is 32.2. The minimum absolute atomic E-state index is 0.0557. The van der Waals surface area contributed by atoms with Gasteiger partial charge in [-0.05, 0) is 30.3 Å². The number of ether oxygens (including phenoxy) is 1. The molecule has 2 aromatic rings. The Morgan fingerprint density at radius 2 is 1.81 bits per heavy atom. The van der Waals surface area contributed by atoms with Gasteiger partial charge in [0.15, 0.2) is 0 Å². The predicted octanol–water partition coefficient (Wildman–Crippen LogP) is 4.11. The van der Waals surface area contributed by atoms with Crippen LogP contribution in [0.4, 0.5) is 18.9 Å². The second-order valence-corrected chi connectivity index (χ2v) is 8.38. The van der Waals surface area contributed by atoms with Gasteiger partial charge < -0.3 is 10.1 Å². The maximum Gasteiger partial charge on any atom is 0.501 e. The van der Waals surface area contributed by atoms with Crippen LogP contribution in [0, 0.1) is 0 Å². The Hall–Kier alpha value is -2.20. The molecule has 0 unspecified atom stereocenters. The van der Waals surface area contributed by atoms with Gasteiger partial charge in [-0.15, -0.1) is 11.8 Å². The number of anilines is 1. The standard InChI is InChI=1S/C17H16F3NO4S2/c1-25-15-8-7-13(27(23,24)17(18,19)20)11-14(15)21-16(22)9-10-26-12-5-3-2-4-6-12/h2-8,11H,9-10H2,1H3,(H,21,22). The van der Waals surface area contributed by atoms with Gasteiger partial charge in [0.2, 0.25) is 5.91 Å². The Morgan fingerprint density at radius 3 is 2.41 bits per heavy atom. The van der Waals surface area contributed by atoms with Crippen molar-refractivity contribution in [1.82, 2.24) is 0 Å². The summed E-state index contributed by atoms with van der Waals surface area (Å²) in [4.78, 5) is 12.1. The van der Waals surface area contributed by atoms with E-state index in [1.54, 1.807) is 0 Å². The molecule has 0 spiro atoms. The topological polar surface area (TPSA) is 72.5 Å². The summed E-state index contributed by atoms with van der Waals surface area (Å²) in [5.74, 6) is 0.0251. The Labute approximate surface area is 158 Å². The van der Waals surface area contributed by atoms with E-state index in [0.29, 0.717) is 5.75 Å². The fraction of sp³-hybridized carbons (Fsp3) is 0.235. The molecule has 2 aromatic carbocycles. The van der Waals surface area contributed by atoms with Crippen LogP contribution in [0.5, 0.6) is 5.75 Å². The molecule has 0 radical (unpaired) electrons. The fourth-order valence-electron chi connectivity index (χ4n) is 2.08. The van der Waals surface area contributed by atoms with Crippen LogP contribution in [0.25, 0.3) is 0 Å². The number of hydrogen-bond acceptors (Lipinski definition) is 5. The first-order chi connectivity index (χ1) is 12.6. The van der Waals surface area contributed by atoms with Gasteiger partial charge >= 0.3 is 5.51 Å². The molecule has 2 rings (SSSR count). The van der Waals surface area contributed by atoms with Gasteiger partial charge in [-0.3, -0.25) is 4.79 Å². The molecule has 0 heterocycles. The molecule has 146 valence electrons. The van der Waals surface area contributed by atoms with Crippen molar-refractivity contribution in [2.75, 3.05) is 18.2 Å². The largest absolute Gasteiger partial charge is 0.501 e. The Bertz CT molecular complexity index is 900. The molecule has 0 fully saturated rings. The van der Waals surface area contributed by atoms with Gasteiger partial charge in [0.1, 0.15) is 5.75 Å². The highest BCUT2D eigenvalue weighted by Gasteiger charge is 2.47. The van der Waals surface area contributed by atoms with E-state index in [-0.39, 0.29) is 17.9 Å². The molecule has 0 aliphatic heterocycles. The van der Waals surface area contributed by atoms with Crippen molar-refractivity contribution in [3.8, 4) is 5.75 Å². The Morgan fingerprint density at radius 1 is 1.15 bits per heavy atom. The summed E-state index contributed by atoms with van der Waals surface area (Å²) in [7, 11) is -4.27. The molecule has 0 aliphatic rings. The fourth-order valence-corrected chi connectivity index (χ4v) is 3.74. The lowest BCUT2D eigenvalue weighted by atomic mass is 10.3. The average molecular weight is 419 g/mol. The number of hydrogen-bond donors (Lipinski definition) is 1. The summed E-state index contributed by atoms with van der Waals surface area (Å²) in [6, 6.07) is 11.9. The predicted molar refractivity (Wildman–Crippen MR) is 96.6 cm³/mol. The van der Waals surface area contributed by atoms with Crippen LogP contribution >= 0.6 is 11.8 Å². The highest BCUT2D eigenvalue weighted by molar-refractivity contribution is 7.99. The molecular weight excluding hydrogens is 403 g/mol. The summed E-state index contributed by atoms with van der Waals surface area (Å²) in [5.41, 5.74) is -5.58. The van der Waals surface area contributed by atoms with Crippen molar-refractivity contribution in [2.45, 2.75) is 21.7 Å². The van der Waals surface area contributed by atoms with Crippen molar-refractivity contribution in [3.63, 3.8) is 0 Å². The molecule has 0 aromatic heterocycles. The number of carbonyl (C=O) groups is 1. The molecule has 27 heavy (non-hydrogen) atoms. The van der Waals surface area contributed by atoms with Crippen LogP contribution in [0.2, 0.25) is 0 Å². The molecule has 0 bridgehead atoms. The number of thioether (sulfide) groups is 1. The first kappa shape index (κ1) is 21.1. The van der Waals surface area contributed by atoms with Crippen molar-refractivity contribution < 1.29 is 31.1 Å². The third-order valence-electron chi connectivity index (χ3n) is 3.40. The van der Waals surface area contributed by atoms with Crippen molar-refractivity contribution in [1.29, 1.82) is 0 Å². The summed E-state index contributed by atoms with van der Waals surface area (Å²) in [6.07, 6.45) is 0.0823. The highest BCUT2D eigenvalue weighted by Crippen LogP contribution is 2.34. The number of carbonyl (C=O) groups excluding carboxylic acids is 1. The number of amides is 1. The molecule has 0 aliphatic carbocycles. The molecule has 1 N–H and O–H groups in total. The van der Waals surface area contributed by atoms with Crippen LogP contribution < -0.4 is 10.1 Å². The van der Waals surface area contributed by atoms with E-state index in [1.807, 2.05) is 30.3 Å². The molecule has 1 amide bonds. The smallest absolute Gasteiger partial charge is 0.495 e. The minimum atomic E-state index is -5.52. The summed E-state index contributed by atoms with van der Waals surface area (Å²) >= 11 is 1.44. The number of sulfone groups is 1. The first-order valence-electron chi connectivity index (χ1n) is 7.62. The normalized spacial score (nSPS) is 11.9. The molecule has 0 saturated heterocycles. The van der Waals surface area contributed by atoms with E-state index in [0.717, 1.165) is 23.1 Å². The number of rotatable bonds is 7. The quantitative estimate of drug-likeness (QED) is 0.684. The van der Waals surface area contributed by atoms with Crippen molar-refractivity contribution in [3.05, 3.63) is 48.5 Å². The summed E-state index contributed by atoms with van der Waals surface area (Å²) in [6.45, 7) is 0. The second-order valence-electron chi connectivity index (χ2n) is 5.27. The van der Waals surface area contributed by atoms with Gasteiger partial charge in [0.05, 0.1) is 17.7 Å². The number of alkyl halides is 3. The molecular formula is C17H16F3NO4S2. The molecule has 0 saturated carbocycles. The number of benzene rings is 2. The third kappa shape index (κ3) is 5.39. The average Bonchev–Trinajstić information content (AvgIpc) is 2.61. The molecule has 0 atom stereocenters. The van der Waals surface area contributed by atoms with Crippen LogP contribution in [-0.4, -0.2) is 32.7 Å². The number of methoxy groups -OCH3 is 1. The summed E-state index contributed by atoms with van der Waals surface area (Å²) in [5, 5.41) is 2.40. The maximum atomic E-state index is 12.7. The third-order valence-corrected chi connectivity index (χ3v) is 5.90. The minimum Gasteiger partial charge on any atom is -0.495 e. The lowest BCUT2D eigenvalue weighted by molar-refractivity contribution is -0.115. The summed E-state index contributed by atoms with van der Waals surface area (Å²) < 4.78 is 66.2. The SMILES string of the molecule is COc1ccc(S(=O)(=O)C(F)(F)F)cc1NC(=O)CCSc1ccccc1. The van der Waals surface area contributed by atoms with E-state index < -0.39 is 26.1 Å². The Balaban J connectivity index is 2.10. The zero-order valence-corrected chi connectivity index (χ0v) is 15.7. The first-order valence-corrected chi connectivity index (χ1v) is 10.1. The van der Waals surface area contributed by atoms with E-state index in [9.17, 15) is 26.4 Å². The van der Waals surface area contributed by atoms with E-state index in [4.69, 9.17) is 4.74 Å². The van der Waals surface area contributed by atoms with Crippen molar-refractivity contribution >= 4 is 33.2 Å². The van der Waals surface area contributed by atoms with Crippen LogP contribution in [0.1, 0.15) is 6.42 Å². The van der Waals surface area contributed by atoms with Gasteiger partial charge in [-0.25, -0.2) is 8.42 Å². The Kier molecular flexibility index (Phi) is 6.77. The van der Waals surface area contributed by atoms with E-state index >= 15 is 0 Å². The zero-order chi connectivity index (χ0) is 20.1. The van der Waals surface area contributed by atoms with Gasteiger partial charge in [0.25, 0.3) is 9.84 Å². The lowest BCUT2D eigenvalue weighted by Crippen LogP contribution is -2.23. The van der Waals surface area contributed by atoms with Crippen LogP contribution in [0.3, 0.4) is 0 Å². The number of nitrogens with one attached hydrogen (secondary N) is 1. The molecule has 5 nitrogen and oxygen atoms in total. The number of halogens is 3. The zero-order valence-electron chi connectivity index (χ0n) is 14.1. The van der Waals surface area contributed by atoms with Gasteiger partial charge in [-0.1, -0.05) is 18.2 Å². The van der Waals surface area contributed by atoms with Gasteiger partial charge in [-0.2, -0.15) is 13.2 Å². The van der Waals surface area contributed by atoms with Crippen molar-refractivity contribution in [2.24, 2.45) is 0 Å². The monoisotopic (exact) mass is 419 g/mol. The van der Waals surface area contributed by atoms with E-state index in [2.05, 4.69) is 5.32 Å². The van der Waals surface area contributed by atoms with Gasteiger partial charge in [0, 0.05) is 17.1 Å².